The summed E-state index contributed by atoms with van der Waals surface area (Å²) in [5.74, 6) is 0. The predicted molar refractivity (Wildman–Crippen MR) is 168 cm³/mol. The Hall–Kier alpha value is -0.129. The van der Waals surface area contributed by atoms with Crippen LogP contribution in [0, 0.1) is 0 Å². The highest BCUT2D eigenvalue weighted by atomic mass is 28.3. The van der Waals surface area contributed by atoms with Gasteiger partial charge < -0.3 is 0 Å². The molecule has 0 spiro atoms. The second-order valence-electron chi connectivity index (χ2n) is 13.2. The Balaban J connectivity index is 2.94. The zero-order valence-electron chi connectivity index (χ0n) is 25.4. The van der Waals surface area contributed by atoms with Crippen LogP contribution in [0.5, 0.6) is 0 Å². The van der Waals surface area contributed by atoms with Crippen molar-refractivity contribution in [3.05, 3.63) is 34.8 Å². The molecule has 0 amide bonds. The summed E-state index contributed by atoms with van der Waals surface area (Å²) in [6.45, 7) is 36.7. The van der Waals surface area contributed by atoms with Crippen LogP contribution in [0.4, 0.5) is 0 Å². The second-order valence-corrected chi connectivity index (χ2v) is 29.4. The normalized spacial score (nSPS) is 17.6. The minimum Gasteiger partial charge on any atom is -0.104 e. The largest absolute Gasteiger partial charge is 0.104 e. The zero-order chi connectivity index (χ0) is 26.3. The van der Waals surface area contributed by atoms with E-state index in [-0.39, 0.29) is 0 Å². The Labute approximate surface area is 219 Å². The fourth-order valence-electron chi connectivity index (χ4n) is 8.23. The molecular formula is C31H62Si3. The maximum atomic E-state index is 4.68. The van der Waals surface area contributed by atoms with Gasteiger partial charge >= 0.3 is 0 Å². The van der Waals surface area contributed by atoms with E-state index in [9.17, 15) is 0 Å². The van der Waals surface area contributed by atoms with Crippen molar-refractivity contribution in [2.24, 2.45) is 0 Å². The average Bonchev–Trinajstić information content (AvgIpc) is 3.30. The highest BCUT2D eigenvalue weighted by molar-refractivity contribution is 6.90. The molecule has 0 aromatic rings. The van der Waals surface area contributed by atoms with E-state index in [1.165, 1.54) is 68.3 Å². The number of hydrogen-bond donors (Lipinski definition) is 0. The van der Waals surface area contributed by atoms with Gasteiger partial charge in [-0.1, -0.05) is 133 Å². The molecule has 1 rings (SSSR count). The van der Waals surface area contributed by atoms with E-state index in [1.807, 2.05) is 0 Å². The Morgan fingerprint density at radius 1 is 0.912 bits per heavy atom. The monoisotopic (exact) mass is 518 g/mol. The molecule has 0 aromatic carbocycles. The van der Waals surface area contributed by atoms with Crippen molar-refractivity contribution in [1.82, 2.24) is 0 Å². The summed E-state index contributed by atoms with van der Waals surface area (Å²) in [5.41, 5.74) is 3.28. The second kappa shape index (κ2) is 13.4. The fourth-order valence-corrected chi connectivity index (χ4v) is 22.5. The molecule has 0 heterocycles. The SMILES string of the molecule is C=C(CCC[Si](CC)(CC)/C(C)=C/CC(C)[Si](C(=C)C)(C(C)C)C(C)C)[Si](C)(C)C1CCCC1. The third-order valence-electron chi connectivity index (χ3n) is 10.9. The van der Waals surface area contributed by atoms with Crippen LogP contribution in [-0.2, 0) is 0 Å². The van der Waals surface area contributed by atoms with Crippen LogP contribution in [0.25, 0.3) is 0 Å². The van der Waals surface area contributed by atoms with E-state index in [0.717, 1.165) is 22.2 Å². The summed E-state index contributed by atoms with van der Waals surface area (Å²) < 4.78 is 0. The lowest BCUT2D eigenvalue weighted by Crippen LogP contribution is -2.46. The molecular weight excluding hydrogens is 457 g/mol. The van der Waals surface area contributed by atoms with Gasteiger partial charge in [-0.15, -0.1) is 13.2 Å². The van der Waals surface area contributed by atoms with Crippen molar-refractivity contribution in [1.29, 1.82) is 0 Å². The Morgan fingerprint density at radius 3 is 1.82 bits per heavy atom. The van der Waals surface area contributed by atoms with Crippen LogP contribution in [0.2, 0.25) is 53.4 Å². The number of allylic oxidation sites excluding steroid dienone is 4. The fraction of sp³-hybridized carbons (Fsp3) is 0.806. The van der Waals surface area contributed by atoms with Crippen molar-refractivity contribution in [2.75, 3.05) is 0 Å². The van der Waals surface area contributed by atoms with Crippen LogP contribution in [0.1, 0.15) is 107 Å². The molecule has 1 atom stereocenters. The molecule has 34 heavy (non-hydrogen) atoms. The highest BCUT2D eigenvalue weighted by Crippen LogP contribution is 2.48. The molecule has 0 N–H and O–H groups in total. The minimum atomic E-state index is -1.58. The molecule has 1 unspecified atom stereocenters. The van der Waals surface area contributed by atoms with Gasteiger partial charge in [0.25, 0.3) is 0 Å². The van der Waals surface area contributed by atoms with Gasteiger partial charge in [-0.05, 0) is 48.9 Å². The first-order valence-electron chi connectivity index (χ1n) is 14.7. The van der Waals surface area contributed by atoms with Crippen LogP contribution in [-0.4, -0.2) is 24.2 Å². The van der Waals surface area contributed by atoms with Gasteiger partial charge in [-0.3, -0.25) is 0 Å². The summed E-state index contributed by atoms with van der Waals surface area (Å²) in [5, 5.41) is 4.97. The van der Waals surface area contributed by atoms with Gasteiger partial charge in [0.05, 0.1) is 24.2 Å². The van der Waals surface area contributed by atoms with Crippen LogP contribution in [0.3, 0.4) is 0 Å². The first kappa shape index (κ1) is 31.9. The summed E-state index contributed by atoms with van der Waals surface area (Å²) in [6.07, 6.45) is 12.5. The highest BCUT2D eigenvalue weighted by Gasteiger charge is 2.45. The summed E-state index contributed by atoms with van der Waals surface area (Å²) in [4.78, 5) is 0. The lowest BCUT2D eigenvalue weighted by atomic mass is 10.3. The topological polar surface area (TPSA) is 0 Å². The van der Waals surface area contributed by atoms with Gasteiger partial charge in [0.1, 0.15) is 0 Å². The van der Waals surface area contributed by atoms with E-state index in [1.54, 1.807) is 10.4 Å². The van der Waals surface area contributed by atoms with Crippen molar-refractivity contribution >= 4 is 24.2 Å². The maximum Gasteiger partial charge on any atom is 0.0885 e. The summed E-state index contributed by atoms with van der Waals surface area (Å²) in [7, 11) is -4.26. The van der Waals surface area contributed by atoms with Crippen LogP contribution >= 0.6 is 0 Å². The Bertz CT molecular complexity index is 679. The Morgan fingerprint density at radius 2 is 1.41 bits per heavy atom. The molecule has 0 saturated heterocycles. The molecule has 1 saturated carbocycles. The molecule has 0 aromatic heterocycles. The van der Waals surface area contributed by atoms with Crippen molar-refractivity contribution in [3.63, 3.8) is 0 Å². The van der Waals surface area contributed by atoms with Crippen LogP contribution in [0.15, 0.2) is 34.8 Å². The minimum absolute atomic E-state index is 0.756. The molecule has 1 fully saturated rings. The first-order valence-corrected chi connectivity index (χ1v) is 22.7. The molecule has 3 heteroatoms. The lowest BCUT2D eigenvalue weighted by molar-refractivity contribution is 0.785. The van der Waals surface area contributed by atoms with E-state index < -0.39 is 24.2 Å². The van der Waals surface area contributed by atoms with Gasteiger partial charge in [0.2, 0.25) is 0 Å². The average molecular weight is 519 g/mol. The summed E-state index contributed by atoms with van der Waals surface area (Å²) in [6, 6.07) is 4.25. The maximum absolute atomic E-state index is 4.68. The molecule has 0 aliphatic heterocycles. The Kier molecular flexibility index (Phi) is 12.6. The number of rotatable bonds is 15. The predicted octanol–water partition coefficient (Wildman–Crippen LogP) is 11.7. The lowest BCUT2D eigenvalue weighted by Gasteiger charge is -2.45. The first-order chi connectivity index (χ1) is 15.7. The van der Waals surface area contributed by atoms with E-state index >= 15 is 0 Å². The quantitative estimate of drug-likeness (QED) is 0.189. The van der Waals surface area contributed by atoms with E-state index in [0.29, 0.717) is 0 Å². The molecule has 0 radical (unpaired) electrons. The van der Waals surface area contributed by atoms with Gasteiger partial charge in [0.15, 0.2) is 0 Å². The molecule has 1 aliphatic carbocycles. The molecule has 1 aliphatic rings. The number of hydrogen-bond acceptors (Lipinski definition) is 0. The van der Waals surface area contributed by atoms with Crippen molar-refractivity contribution in [2.45, 2.75) is 161 Å². The zero-order valence-corrected chi connectivity index (χ0v) is 28.4. The third kappa shape index (κ3) is 6.79. The third-order valence-corrected chi connectivity index (χ3v) is 28.6. The standard InChI is InChI=1S/C31H62Si3/c1-14-33(15-2,24-18-19-28(9)32(12,13)31-20-16-17-21-31)29(10)22-23-30(11)34(25(3)4,26(5)6)27(7)8/h22,26-27,30-31H,3,9,14-21,23-24H2,1-2,4-8,10-13H3/b29-22+. The van der Waals surface area contributed by atoms with Crippen molar-refractivity contribution in [3.8, 4) is 0 Å². The van der Waals surface area contributed by atoms with Crippen molar-refractivity contribution < 1.29 is 0 Å². The van der Waals surface area contributed by atoms with E-state index in [2.05, 4.69) is 94.6 Å². The van der Waals surface area contributed by atoms with Gasteiger partial charge in [0, 0.05) is 0 Å². The van der Waals surface area contributed by atoms with Gasteiger partial charge in [-0.25, -0.2) is 0 Å². The molecule has 198 valence electrons. The van der Waals surface area contributed by atoms with E-state index in [4.69, 9.17) is 0 Å². The molecule has 0 bridgehead atoms. The van der Waals surface area contributed by atoms with Gasteiger partial charge in [-0.2, -0.15) is 0 Å². The van der Waals surface area contributed by atoms with Crippen LogP contribution < -0.4 is 0 Å². The molecule has 0 nitrogen and oxygen atoms in total. The smallest absolute Gasteiger partial charge is 0.0885 e. The summed E-state index contributed by atoms with van der Waals surface area (Å²) >= 11 is 0.